The lowest BCUT2D eigenvalue weighted by Gasteiger charge is -2.35. The highest BCUT2D eigenvalue weighted by molar-refractivity contribution is 5.93. The van der Waals surface area contributed by atoms with Gasteiger partial charge in [0.1, 0.15) is 17.8 Å². The SMILES string of the molecule is CCN(c1ccccc1)c1ncnc2[nH]c(-c3ccc(CN(CCCCCCC(=O)NO)C4CCNCC4)cc3)cc12. The van der Waals surface area contributed by atoms with Crippen molar-refractivity contribution in [2.45, 2.75) is 64.5 Å². The molecular formula is C33H43N7O2. The number of aromatic nitrogens is 3. The lowest BCUT2D eigenvalue weighted by atomic mass is 10.0. The van der Waals surface area contributed by atoms with E-state index in [1.807, 2.05) is 6.07 Å². The highest BCUT2D eigenvalue weighted by atomic mass is 16.5. The Bertz CT molecular complexity index is 1400. The number of hydrogen-bond donors (Lipinski definition) is 4. The van der Waals surface area contributed by atoms with Crippen LogP contribution in [0.25, 0.3) is 22.3 Å². The van der Waals surface area contributed by atoms with E-state index in [9.17, 15) is 4.79 Å². The van der Waals surface area contributed by atoms with Crippen molar-refractivity contribution in [2.24, 2.45) is 0 Å². The number of fused-ring (bicyclic) bond motifs is 1. The lowest BCUT2D eigenvalue weighted by Crippen LogP contribution is -2.43. The summed E-state index contributed by atoms with van der Waals surface area (Å²) < 4.78 is 0. The number of rotatable bonds is 14. The Kier molecular flexibility index (Phi) is 10.5. The van der Waals surface area contributed by atoms with Gasteiger partial charge in [0.05, 0.1) is 5.39 Å². The van der Waals surface area contributed by atoms with Crippen molar-refractivity contribution in [3.63, 3.8) is 0 Å². The van der Waals surface area contributed by atoms with E-state index in [2.05, 4.69) is 91.6 Å². The Morgan fingerprint density at radius 1 is 1.00 bits per heavy atom. The van der Waals surface area contributed by atoms with Gasteiger partial charge in [-0.3, -0.25) is 14.9 Å². The first-order valence-corrected chi connectivity index (χ1v) is 15.3. The number of piperidine rings is 1. The molecule has 3 heterocycles. The summed E-state index contributed by atoms with van der Waals surface area (Å²) >= 11 is 0. The molecule has 42 heavy (non-hydrogen) atoms. The fourth-order valence-corrected chi connectivity index (χ4v) is 5.96. The first-order chi connectivity index (χ1) is 20.7. The summed E-state index contributed by atoms with van der Waals surface area (Å²) in [5.41, 5.74) is 7.14. The van der Waals surface area contributed by atoms with E-state index in [-0.39, 0.29) is 5.91 Å². The second kappa shape index (κ2) is 14.9. The van der Waals surface area contributed by atoms with E-state index < -0.39 is 0 Å². The first kappa shape index (κ1) is 29.7. The van der Waals surface area contributed by atoms with E-state index in [1.54, 1.807) is 11.8 Å². The summed E-state index contributed by atoms with van der Waals surface area (Å²) in [7, 11) is 0. The number of anilines is 2. The van der Waals surface area contributed by atoms with Crippen LogP contribution in [0.15, 0.2) is 67.0 Å². The Labute approximate surface area is 248 Å². The first-order valence-electron chi connectivity index (χ1n) is 15.3. The Morgan fingerprint density at radius 3 is 2.50 bits per heavy atom. The van der Waals surface area contributed by atoms with Gasteiger partial charge in [0.15, 0.2) is 0 Å². The minimum Gasteiger partial charge on any atom is -0.339 e. The molecule has 9 heteroatoms. The molecule has 0 saturated carbocycles. The fraction of sp³-hybridized carbons (Fsp3) is 0.424. The number of benzene rings is 2. The van der Waals surface area contributed by atoms with E-state index in [0.29, 0.717) is 12.5 Å². The Balaban J connectivity index is 1.26. The van der Waals surface area contributed by atoms with Crippen LogP contribution in [0.1, 0.15) is 57.4 Å². The molecular weight excluding hydrogens is 526 g/mol. The third kappa shape index (κ3) is 7.53. The van der Waals surface area contributed by atoms with Crippen molar-refractivity contribution in [1.29, 1.82) is 0 Å². The molecule has 1 aliphatic heterocycles. The van der Waals surface area contributed by atoms with E-state index in [1.165, 1.54) is 18.4 Å². The monoisotopic (exact) mass is 569 g/mol. The highest BCUT2D eigenvalue weighted by Crippen LogP contribution is 2.32. The fourth-order valence-electron chi connectivity index (χ4n) is 5.96. The number of nitrogens with zero attached hydrogens (tertiary/aromatic N) is 4. The highest BCUT2D eigenvalue weighted by Gasteiger charge is 2.21. The van der Waals surface area contributed by atoms with Crippen LogP contribution in [0.4, 0.5) is 11.5 Å². The van der Waals surface area contributed by atoms with Crippen LogP contribution in [0.2, 0.25) is 0 Å². The van der Waals surface area contributed by atoms with Crippen LogP contribution in [0.3, 0.4) is 0 Å². The molecule has 1 amide bonds. The van der Waals surface area contributed by atoms with Crippen LogP contribution < -0.4 is 15.7 Å². The molecule has 1 fully saturated rings. The smallest absolute Gasteiger partial charge is 0.243 e. The number of unbranched alkanes of at least 4 members (excludes halogenated alkanes) is 3. The van der Waals surface area contributed by atoms with E-state index >= 15 is 0 Å². The molecule has 2 aromatic carbocycles. The molecule has 5 rings (SSSR count). The maximum absolute atomic E-state index is 11.2. The normalized spacial score (nSPS) is 14.0. The van der Waals surface area contributed by atoms with E-state index in [0.717, 1.165) is 92.2 Å². The number of carbonyl (C=O) groups is 1. The maximum atomic E-state index is 11.2. The van der Waals surface area contributed by atoms with Gasteiger partial charge in [-0.15, -0.1) is 0 Å². The molecule has 4 aromatic rings. The average Bonchev–Trinajstić information content (AvgIpc) is 3.49. The zero-order valence-electron chi connectivity index (χ0n) is 24.6. The quantitative estimate of drug-likeness (QED) is 0.0864. The maximum Gasteiger partial charge on any atom is 0.243 e. The van der Waals surface area contributed by atoms with Gasteiger partial charge in [-0.25, -0.2) is 15.4 Å². The molecule has 9 nitrogen and oxygen atoms in total. The van der Waals surface area contributed by atoms with Crippen molar-refractivity contribution >= 4 is 28.4 Å². The van der Waals surface area contributed by atoms with Crippen molar-refractivity contribution in [1.82, 2.24) is 30.6 Å². The minimum atomic E-state index is -0.300. The Hall–Kier alpha value is -3.79. The average molecular weight is 570 g/mol. The van der Waals surface area contributed by atoms with Gasteiger partial charge in [-0.05, 0) is 81.6 Å². The van der Waals surface area contributed by atoms with Gasteiger partial charge in [0.2, 0.25) is 5.91 Å². The van der Waals surface area contributed by atoms with Crippen molar-refractivity contribution in [3.8, 4) is 11.3 Å². The van der Waals surface area contributed by atoms with Crippen molar-refractivity contribution < 1.29 is 10.0 Å². The molecule has 0 unspecified atom stereocenters. The van der Waals surface area contributed by atoms with Crippen LogP contribution in [0.5, 0.6) is 0 Å². The number of para-hydroxylation sites is 1. The molecule has 2 aromatic heterocycles. The van der Waals surface area contributed by atoms with Gasteiger partial charge in [-0.1, -0.05) is 55.3 Å². The molecule has 1 saturated heterocycles. The van der Waals surface area contributed by atoms with Crippen LogP contribution in [0, 0.1) is 0 Å². The zero-order chi connectivity index (χ0) is 29.1. The predicted molar refractivity (Wildman–Crippen MR) is 168 cm³/mol. The topological polar surface area (TPSA) is 109 Å². The summed E-state index contributed by atoms with van der Waals surface area (Å²) in [6, 6.07) is 22.0. The number of nitrogens with one attached hydrogen (secondary N) is 3. The van der Waals surface area contributed by atoms with Gasteiger partial charge in [-0.2, -0.15) is 0 Å². The second-order valence-electron chi connectivity index (χ2n) is 11.1. The molecule has 0 aliphatic carbocycles. The number of hydrogen-bond acceptors (Lipinski definition) is 7. The number of amides is 1. The summed E-state index contributed by atoms with van der Waals surface area (Å²) in [5, 5.41) is 13.2. The molecule has 0 radical (unpaired) electrons. The zero-order valence-corrected chi connectivity index (χ0v) is 24.6. The second-order valence-corrected chi connectivity index (χ2v) is 11.1. The number of hydroxylamine groups is 1. The Morgan fingerprint density at radius 2 is 1.76 bits per heavy atom. The standard InChI is InChI=1S/C33H43N7O2/c1-2-40(28-10-6-5-7-11-28)33-29-22-30(37-32(29)35-24-36-33)26-15-13-25(14-16-26)23-39(27-17-19-34-20-18-27)21-9-4-3-8-12-31(41)38-42/h5-7,10-11,13-16,22,24,27,34,42H,2-4,8-9,12,17-21,23H2,1H3,(H,38,41)(H,35,36,37). The molecule has 4 N–H and O–H groups in total. The van der Waals surface area contributed by atoms with Gasteiger partial charge >= 0.3 is 0 Å². The summed E-state index contributed by atoms with van der Waals surface area (Å²) in [6.07, 6.45) is 8.37. The third-order valence-corrected chi connectivity index (χ3v) is 8.24. The third-order valence-electron chi connectivity index (χ3n) is 8.24. The summed E-state index contributed by atoms with van der Waals surface area (Å²) in [4.78, 5) is 28.8. The molecule has 0 spiro atoms. The van der Waals surface area contributed by atoms with Gasteiger partial charge < -0.3 is 15.2 Å². The van der Waals surface area contributed by atoms with Crippen LogP contribution in [-0.2, 0) is 11.3 Å². The van der Waals surface area contributed by atoms with E-state index in [4.69, 9.17) is 5.21 Å². The largest absolute Gasteiger partial charge is 0.339 e. The van der Waals surface area contributed by atoms with Crippen LogP contribution >= 0.6 is 0 Å². The predicted octanol–water partition coefficient (Wildman–Crippen LogP) is 5.79. The molecule has 222 valence electrons. The van der Waals surface area contributed by atoms with Crippen molar-refractivity contribution in [3.05, 3.63) is 72.6 Å². The van der Waals surface area contributed by atoms with Gasteiger partial charge in [0, 0.05) is 36.9 Å². The molecule has 0 bridgehead atoms. The van der Waals surface area contributed by atoms with Crippen molar-refractivity contribution in [2.75, 3.05) is 31.1 Å². The summed E-state index contributed by atoms with van der Waals surface area (Å²) in [6.45, 7) is 7.07. The van der Waals surface area contributed by atoms with Gasteiger partial charge in [0.25, 0.3) is 0 Å². The summed E-state index contributed by atoms with van der Waals surface area (Å²) in [5.74, 6) is 0.604. The molecule has 1 aliphatic rings. The minimum absolute atomic E-state index is 0.300. The number of carbonyl (C=O) groups excluding carboxylic acids is 1. The molecule has 0 atom stereocenters. The number of H-pyrrole nitrogens is 1. The number of aromatic amines is 1. The lowest BCUT2D eigenvalue weighted by molar-refractivity contribution is -0.129. The van der Waals surface area contributed by atoms with Crippen LogP contribution in [-0.4, -0.2) is 63.2 Å².